The predicted molar refractivity (Wildman–Crippen MR) is 123 cm³/mol. The maximum atomic E-state index is 12.8. The summed E-state index contributed by atoms with van der Waals surface area (Å²) in [5, 5.41) is 11.5. The van der Waals surface area contributed by atoms with Gasteiger partial charge in [-0.25, -0.2) is 0 Å². The molecule has 2 aliphatic rings. The maximum Gasteiger partial charge on any atom is 0.292 e. The highest BCUT2D eigenvalue weighted by Gasteiger charge is 2.26. The van der Waals surface area contributed by atoms with Gasteiger partial charge in [0.1, 0.15) is 5.69 Å². The Morgan fingerprint density at radius 2 is 1.70 bits per heavy atom. The van der Waals surface area contributed by atoms with Crippen LogP contribution in [0.15, 0.2) is 42.5 Å². The lowest BCUT2D eigenvalue weighted by Crippen LogP contribution is -2.48. The number of carbonyl (C=O) groups is 1. The van der Waals surface area contributed by atoms with Crippen LogP contribution < -0.4 is 9.80 Å². The number of carbonyl (C=O) groups excluding carboxylic acids is 1. The number of anilines is 2. The lowest BCUT2D eigenvalue weighted by Gasteiger charge is -2.37. The quantitative estimate of drug-likeness (QED) is 0.349. The number of hydrogen-bond donors (Lipinski definition) is 0. The van der Waals surface area contributed by atoms with Crippen LogP contribution in [0.4, 0.5) is 17.1 Å². The van der Waals surface area contributed by atoms with E-state index in [0.29, 0.717) is 63.7 Å². The molecular weight excluding hydrogens is 499 g/mol. The van der Waals surface area contributed by atoms with Crippen molar-refractivity contribution >= 4 is 45.6 Å². The summed E-state index contributed by atoms with van der Waals surface area (Å²) in [7, 11) is 0. The van der Waals surface area contributed by atoms with E-state index < -0.39 is 0 Å². The van der Waals surface area contributed by atoms with Crippen LogP contribution in [0.2, 0.25) is 0 Å². The molecule has 0 unspecified atom stereocenters. The highest BCUT2D eigenvalue weighted by Crippen LogP contribution is 2.33. The van der Waals surface area contributed by atoms with E-state index in [-0.39, 0.29) is 16.5 Å². The Morgan fingerprint density at radius 1 is 0.967 bits per heavy atom. The number of nitrogens with zero attached hydrogens (tertiary/aromatic N) is 4. The molecule has 0 aromatic heterocycles. The first kappa shape index (κ1) is 20.9. The van der Waals surface area contributed by atoms with E-state index in [9.17, 15) is 14.9 Å². The molecule has 9 heteroatoms. The third kappa shape index (κ3) is 4.51. The molecule has 30 heavy (non-hydrogen) atoms. The summed E-state index contributed by atoms with van der Waals surface area (Å²) in [5.41, 5.74) is 2.41. The normalized spacial score (nSPS) is 17.2. The number of nitro benzene ring substituents is 1. The van der Waals surface area contributed by atoms with Crippen molar-refractivity contribution in [2.75, 3.05) is 62.3 Å². The molecule has 0 spiro atoms. The Labute approximate surface area is 188 Å². The minimum Gasteiger partial charge on any atom is -0.378 e. The third-order valence-electron chi connectivity index (χ3n) is 5.51. The van der Waals surface area contributed by atoms with E-state index in [1.54, 1.807) is 12.1 Å². The summed E-state index contributed by atoms with van der Waals surface area (Å²) in [4.78, 5) is 30.1. The molecule has 2 aromatic rings. The predicted octanol–water partition coefficient (Wildman–Crippen LogP) is 3.00. The average molecular weight is 522 g/mol. The van der Waals surface area contributed by atoms with Gasteiger partial charge in [-0.3, -0.25) is 14.9 Å². The monoisotopic (exact) mass is 522 g/mol. The maximum absolute atomic E-state index is 12.8. The van der Waals surface area contributed by atoms with E-state index in [0.717, 1.165) is 9.26 Å². The molecule has 0 N–H and O–H groups in total. The highest BCUT2D eigenvalue weighted by atomic mass is 127. The molecule has 4 rings (SSSR count). The summed E-state index contributed by atoms with van der Waals surface area (Å²) in [6, 6.07) is 12.9. The molecule has 0 aliphatic carbocycles. The zero-order valence-corrected chi connectivity index (χ0v) is 18.7. The fourth-order valence-electron chi connectivity index (χ4n) is 3.89. The van der Waals surface area contributed by atoms with Gasteiger partial charge in [-0.1, -0.05) is 6.07 Å². The molecular formula is C21H23IN4O4. The number of ether oxygens (including phenoxy) is 1. The van der Waals surface area contributed by atoms with E-state index in [4.69, 9.17) is 4.74 Å². The standard InChI is InChI=1S/C21H23IN4O4/c22-17-3-1-2-16(14-17)21(27)25-8-6-23(7-9-25)18-4-5-19(26(28)29)20(15-18)24-10-12-30-13-11-24/h1-5,14-15H,6-13H2. The second-order valence-corrected chi connectivity index (χ2v) is 8.56. The summed E-state index contributed by atoms with van der Waals surface area (Å²) >= 11 is 2.21. The van der Waals surface area contributed by atoms with Gasteiger partial charge in [-0.05, 0) is 52.9 Å². The van der Waals surface area contributed by atoms with Crippen molar-refractivity contribution in [2.45, 2.75) is 0 Å². The second kappa shape index (κ2) is 9.17. The molecule has 0 atom stereocenters. The zero-order valence-electron chi connectivity index (χ0n) is 16.5. The van der Waals surface area contributed by atoms with Gasteiger partial charge in [-0.15, -0.1) is 0 Å². The molecule has 8 nitrogen and oxygen atoms in total. The van der Waals surface area contributed by atoms with Gasteiger partial charge in [0.05, 0.1) is 18.1 Å². The van der Waals surface area contributed by atoms with Crippen LogP contribution in [0, 0.1) is 13.7 Å². The highest BCUT2D eigenvalue weighted by molar-refractivity contribution is 14.1. The number of morpholine rings is 1. The van der Waals surface area contributed by atoms with Crippen molar-refractivity contribution in [1.29, 1.82) is 0 Å². The number of benzene rings is 2. The minimum atomic E-state index is -0.327. The minimum absolute atomic E-state index is 0.0471. The zero-order chi connectivity index (χ0) is 21.1. The van der Waals surface area contributed by atoms with Crippen LogP contribution in [0.5, 0.6) is 0 Å². The lowest BCUT2D eigenvalue weighted by molar-refractivity contribution is -0.384. The Bertz CT molecular complexity index is 940. The Hall–Kier alpha value is -2.40. The van der Waals surface area contributed by atoms with E-state index in [1.165, 1.54) is 0 Å². The molecule has 158 valence electrons. The topological polar surface area (TPSA) is 79.2 Å². The van der Waals surface area contributed by atoms with Crippen LogP contribution in [-0.2, 0) is 4.74 Å². The molecule has 1 amide bonds. The van der Waals surface area contributed by atoms with Crippen LogP contribution in [0.25, 0.3) is 0 Å². The fourth-order valence-corrected chi connectivity index (χ4v) is 4.44. The first-order valence-corrected chi connectivity index (χ1v) is 11.0. The number of amides is 1. The van der Waals surface area contributed by atoms with Crippen molar-refractivity contribution < 1.29 is 14.5 Å². The first-order valence-electron chi connectivity index (χ1n) is 9.94. The van der Waals surface area contributed by atoms with Gasteiger partial charge in [0, 0.05) is 60.2 Å². The number of nitro groups is 1. The average Bonchev–Trinajstić information content (AvgIpc) is 2.79. The number of hydrogen-bond acceptors (Lipinski definition) is 6. The largest absolute Gasteiger partial charge is 0.378 e. The number of halogens is 1. The molecule has 2 aromatic carbocycles. The van der Waals surface area contributed by atoms with Gasteiger partial charge in [0.25, 0.3) is 11.6 Å². The number of piperazine rings is 1. The van der Waals surface area contributed by atoms with E-state index >= 15 is 0 Å². The Morgan fingerprint density at radius 3 is 2.37 bits per heavy atom. The smallest absolute Gasteiger partial charge is 0.292 e. The Kier molecular flexibility index (Phi) is 6.38. The summed E-state index contributed by atoms with van der Waals surface area (Å²) < 4.78 is 6.43. The molecule has 2 saturated heterocycles. The SMILES string of the molecule is O=C(c1cccc(I)c1)N1CCN(c2ccc([N+](=O)[O-])c(N3CCOCC3)c2)CC1. The van der Waals surface area contributed by atoms with Crippen LogP contribution in [0.1, 0.15) is 10.4 Å². The van der Waals surface area contributed by atoms with Crippen LogP contribution >= 0.6 is 22.6 Å². The fraction of sp³-hybridized carbons (Fsp3) is 0.381. The van der Waals surface area contributed by atoms with E-state index in [2.05, 4.69) is 27.5 Å². The second-order valence-electron chi connectivity index (χ2n) is 7.32. The third-order valence-corrected chi connectivity index (χ3v) is 6.18. The molecule has 2 fully saturated rings. The van der Waals surface area contributed by atoms with Crippen molar-refractivity contribution in [2.24, 2.45) is 0 Å². The van der Waals surface area contributed by atoms with Crippen molar-refractivity contribution in [3.05, 3.63) is 61.7 Å². The summed E-state index contributed by atoms with van der Waals surface area (Å²) in [6.07, 6.45) is 0. The number of rotatable bonds is 4. The van der Waals surface area contributed by atoms with Crippen molar-refractivity contribution in [3.8, 4) is 0 Å². The van der Waals surface area contributed by atoms with Crippen molar-refractivity contribution in [1.82, 2.24) is 4.90 Å². The summed E-state index contributed by atoms with van der Waals surface area (Å²) in [5.74, 6) is 0.0471. The van der Waals surface area contributed by atoms with Crippen molar-refractivity contribution in [3.63, 3.8) is 0 Å². The lowest BCUT2D eigenvalue weighted by atomic mass is 10.1. The van der Waals surface area contributed by atoms with E-state index in [1.807, 2.05) is 40.1 Å². The molecule has 2 aliphatic heterocycles. The van der Waals surface area contributed by atoms with Gasteiger partial charge >= 0.3 is 0 Å². The molecule has 0 saturated carbocycles. The summed E-state index contributed by atoms with van der Waals surface area (Å²) in [6.45, 7) is 5.04. The Balaban J connectivity index is 1.48. The van der Waals surface area contributed by atoms with Gasteiger partial charge in [0.15, 0.2) is 0 Å². The molecule has 0 bridgehead atoms. The molecule has 2 heterocycles. The molecule has 0 radical (unpaired) electrons. The first-order chi connectivity index (χ1) is 14.5. The van der Waals surface area contributed by atoms with Gasteiger partial charge in [0.2, 0.25) is 0 Å². The van der Waals surface area contributed by atoms with Crippen LogP contribution in [-0.4, -0.2) is 68.2 Å². The van der Waals surface area contributed by atoms with Gasteiger partial charge in [-0.2, -0.15) is 0 Å². The van der Waals surface area contributed by atoms with Crippen LogP contribution in [0.3, 0.4) is 0 Å². The van der Waals surface area contributed by atoms with Gasteiger partial charge < -0.3 is 19.4 Å².